The molecule has 2 aromatic heterocycles. The van der Waals surface area contributed by atoms with E-state index in [9.17, 15) is 0 Å². The number of para-hydroxylation sites is 1. The minimum Gasteiger partial charge on any atom is -0.348 e. The van der Waals surface area contributed by atoms with E-state index < -0.39 is 0 Å². The summed E-state index contributed by atoms with van der Waals surface area (Å²) in [7, 11) is 0. The lowest BCUT2D eigenvalue weighted by Crippen LogP contribution is -2.33. The van der Waals surface area contributed by atoms with Crippen molar-refractivity contribution in [1.82, 2.24) is 20.1 Å². The third-order valence-corrected chi connectivity index (χ3v) is 7.52. The Morgan fingerprint density at radius 2 is 1.97 bits per heavy atom. The number of hydrogen-bond acceptors (Lipinski definition) is 5. The highest BCUT2D eigenvalue weighted by molar-refractivity contribution is 7.15. The molecular weight excluding hydrogens is 390 g/mol. The number of hydrogen-bond donors (Lipinski definition) is 1. The van der Waals surface area contributed by atoms with Gasteiger partial charge in [-0.15, -0.1) is 11.3 Å². The first-order valence-corrected chi connectivity index (χ1v) is 11.9. The number of aryl methyl sites for hydroxylation is 1. The van der Waals surface area contributed by atoms with E-state index in [-0.39, 0.29) is 5.41 Å². The topological polar surface area (TPSA) is 46.0 Å². The van der Waals surface area contributed by atoms with Crippen molar-refractivity contribution in [3.63, 3.8) is 0 Å². The Hall–Kier alpha value is -2.18. The second-order valence-corrected chi connectivity index (χ2v) is 10.6. The number of nitrogens with zero attached hydrogens (tertiary/aromatic N) is 4. The van der Waals surface area contributed by atoms with E-state index in [1.807, 2.05) is 11.3 Å². The van der Waals surface area contributed by atoms with Crippen LogP contribution in [0.4, 0.5) is 5.13 Å². The van der Waals surface area contributed by atoms with Gasteiger partial charge in [0.15, 0.2) is 5.13 Å². The lowest BCUT2D eigenvalue weighted by atomic mass is 9.74. The maximum absolute atomic E-state index is 4.82. The van der Waals surface area contributed by atoms with Crippen LogP contribution < -0.4 is 10.2 Å². The second kappa shape index (κ2) is 7.82. The molecule has 0 unspecified atom stereocenters. The summed E-state index contributed by atoms with van der Waals surface area (Å²) in [4.78, 5) is 8.41. The van der Waals surface area contributed by atoms with Gasteiger partial charge in [0.25, 0.3) is 0 Å². The third-order valence-electron chi connectivity index (χ3n) is 6.46. The first-order chi connectivity index (χ1) is 14.5. The molecule has 6 heteroatoms. The normalized spacial score (nSPS) is 20.5. The molecular formula is C24H31N5S. The molecule has 0 saturated carbocycles. The van der Waals surface area contributed by atoms with Crippen LogP contribution in [0.2, 0.25) is 0 Å². The van der Waals surface area contributed by atoms with E-state index in [1.165, 1.54) is 45.4 Å². The molecule has 1 fully saturated rings. The van der Waals surface area contributed by atoms with E-state index in [1.54, 1.807) is 0 Å². The molecule has 3 heterocycles. The van der Waals surface area contributed by atoms with Crippen LogP contribution in [0.25, 0.3) is 5.69 Å². The molecule has 0 bridgehead atoms. The molecule has 3 aromatic rings. The number of rotatable bonds is 5. The monoisotopic (exact) mass is 421 g/mol. The van der Waals surface area contributed by atoms with Gasteiger partial charge in [-0.25, -0.2) is 9.67 Å². The zero-order valence-electron chi connectivity index (χ0n) is 18.2. The molecule has 0 spiro atoms. The molecule has 1 N–H and O–H groups in total. The summed E-state index contributed by atoms with van der Waals surface area (Å²) >= 11 is 1.84. The first-order valence-electron chi connectivity index (χ1n) is 11.1. The maximum Gasteiger partial charge on any atom is 0.185 e. The Morgan fingerprint density at radius 1 is 1.17 bits per heavy atom. The average molecular weight is 422 g/mol. The summed E-state index contributed by atoms with van der Waals surface area (Å²) in [5.74, 6) is 0. The van der Waals surface area contributed by atoms with Crippen LogP contribution in [0.3, 0.4) is 0 Å². The first kappa shape index (κ1) is 19.8. The largest absolute Gasteiger partial charge is 0.348 e. The maximum atomic E-state index is 4.82. The standard InChI is InChI=1S/C24H31N5S/c1-17-8-4-5-9-21(17)29-22-13-24(2,3)12-20(19(22)16-27-29)25-14-18-15-26-23(30-18)28-10-6-7-11-28/h4-5,8-9,15-16,20,25H,6-7,10-14H2,1-3H3/t20-/m0/s1. The lowest BCUT2D eigenvalue weighted by Gasteiger charge is -2.36. The molecule has 30 heavy (non-hydrogen) atoms. The van der Waals surface area contributed by atoms with Gasteiger partial charge in [0.05, 0.1) is 11.9 Å². The van der Waals surface area contributed by atoms with E-state index in [0.29, 0.717) is 6.04 Å². The molecule has 0 radical (unpaired) electrons. The van der Waals surface area contributed by atoms with Crippen molar-refractivity contribution in [3.8, 4) is 5.69 Å². The summed E-state index contributed by atoms with van der Waals surface area (Å²) in [6.07, 6.45) is 8.88. The lowest BCUT2D eigenvalue weighted by molar-refractivity contribution is 0.253. The van der Waals surface area contributed by atoms with Crippen LogP contribution in [0.1, 0.15) is 60.8 Å². The molecule has 1 aliphatic heterocycles. The predicted molar refractivity (Wildman–Crippen MR) is 124 cm³/mol. The minimum atomic E-state index is 0.236. The van der Waals surface area contributed by atoms with Crippen LogP contribution in [0.5, 0.6) is 0 Å². The van der Waals surface area contributed by atoms with Gasteiger partial charge in [0, 0.05) is 48.0 Å². The van der Waals surface area contributed by atoms with Crippen molar-refractivity contribution < 1.29 is 0 Å². The number of thiazole rings is 1. The number of nitrogens with one attached hydrogen (secondary N) is 1. The number of anilines is 1. The fourth-order valence-electron chi connectivity index (χ4n) is 4.89. The molecule has 158 valence electrons. The van der Waals surface area contributed by atoms with Crippen molar-refractivity contribution in [3.05, 3.63) is 58.4 Å². The highest BCUT2D eigenvalue weighted by Crippen LogP contribution is 2.42. The van der Waals surface area contributed by atoms with E-state index in [4.69, 9.17) is 5.10 Å². The Labute approximate surface area is 183 Å². The van der Waals surface area contributed by atoms with Gasteiger partial charge in [-0.3, -0.25) is 0 Å². The number of benzene rings is 1. The summed E-state index contributed by atoms with van der Waals surface area (Å²) in [6.45, 7) is 10.1. The van der Waals surface area contributed by atoms with Crippen LogP contribution in [-0.4, -0.2) is 27.9 Å². The zero-order valence-corrected chi connectivity index (χ0v) is 19.0. The van der Waals surface area contributed by atoms with E-state index in [0.717, 1.165) is 32.5 Å². The molecule has 5 rings (SSSR count). The molecule has 0 amide bonds. The SMILES string of the molecule is Cc1ccccc1-n1ncc2c1CC(C)(C)C[C@@H]2NCc1cnc(N2CCCC2)s1. The van der Waals surface area contributed by atoms with Gasteiger partial charge in [-0.1, -0.05) is 32.0 Å². The van der Waals surface area contributed by atoms with Gasteiger partial charge in [-0.05, 0) is 49.7 Å². The Morgan fingerprint density at radius 3 is 2.77 bits per heavy atom. The number of fused-ring (bicyclic) bond motifs is 1. The zero-order chi connectivity index (χ0) is 20.7. The van der Waals surface area contributed by atoms with Crippen LogP contribution in [0.15, 0.2) is 36.7 Å². The van der Waals surface area contributed by atoms with Gasteiger partial charge in [0.1, 0.15) is 0 Å². The minimum absolute atomic E-state index is 0.236. The van der Waals surface area contributed by atoms with Crippen molar-refractivity contribution in [2.24, 2.45) is 5.41 Å². The fourth-order valence-corrected chi connectivity index (χ4v) is 5.80. The molecule has 1 aromatic carbocycles. The van der Waals surface area contributed by atoms with Crippen molar-refractivity contribution in [1.29, 1.82) is 0 Å². The van der Waals surface area contributed by atoms with Crippen LogP contribution in [0, 0.1) is 12.3 Å². The quantitative estimate of drug-likeness (QED) is 0.627. The van der Waals surface area contributed by atoms with Crippen molar-refractivity contribution >= 4 is 16.5 Å². The average Bonchev–Trinajstić information content (AvgIpc) is 3.46. The molecule has 1 aliphatic carbocycles. The second-order valence-electron chi connectivity index (χ2n) is 9.53. The Bertz CT molecular complexity index is 1030. The summed E-state index contributed by atoms with van der Waals surface area (Å²) < 4.78 is 2.17. The summed E-state index contributed by atoms with van der Waals surface area (Å²) in [5.41, 5.74) is 5.38. The molecule has 1 saturated heterocycles. The third kappa shape index (κ3) is 3.79. The molecule has 2 aliphatic rings. The Balaban J connectivity index is 1.37. The summed E-state index contributed by atoms with van der Waals surface area (Å²) in [5, 5.41) is 9.83. The smallest absolute Gasteiger partial charge is 0.185 e. The Kier molecular flexibility index (Phi) is 5.15. The fraction of sp³-hybridized carbons (Fsp3) is 0.500. The van der Waals surface area contributed by atoms with Gasteiger partial charge >= 0.3 is 0 Å². The van der Waals surface area contributed by atoms with Gasteiger partial charge in [0.2, 0.25) is 0 Å². The van der Waals surface area contributed by atoms with Crippen molar-refractivity contribution in [2.75, 3.05) is 18.0 Å². The molecule has 5 nitrogen and oxygen atoms in total. The van der Waals surface area contributed by atoms with E-state index >= 15 is 0 Å². The number of aromatic nitrogens is 3. The van der Waals surface area contributed by atoms with Crippen LogP contribution >= 0.6 is 11.3 Å². The van der Waals surface area contributed by atoms with Gasteiger partial charge < -0.3 is 10.2 Å². The van der Waals surface area contributed by atoms with Crippen molar-refractivity contribution in [2.45, 2.75) is 59.0 Å². The summed E-state index contributed by atoms with van der Waals surface area (Å²) in [6, 6.07) is 8.84. The van der Waals surface area contributed by atoms with Gasteiger partial charge in [-0.2, -0.15) is 5.10 Å². The van der Waals surface area contributed by atoms with Crippen LogP contribution in [-0.2, 0) is 13.0 Å². The molecule has 1 atom stereocenters. The highest BCUT2D eigenvalue weighted by Gasteiger charge is 2.35. The van der Waals surface area contributed by atoms with E-state index in [2.05, 4.69) is 77.3 Å². The highest BCUT2D eigenvalue weighted by atomic mass is 32.1. The predicted octanol–water partition coefficient (Wildman–Crippen LogP) is 5.04.